The molecule has 0 amide bonds. The zero-order chi connectivity index (χ0) is 18.9. The Labute approximate surface area is 155 Å². The Morgan fingerprint density at radius 3 is 2.08 bits per heavy atom. The molecular weight excluding hydrogens is 326 g/mol. The molecule has 0 bridgehead atoms. The summed E-state index contributed by atoms with van der Waals surface area (Å²) >= 11 is 0. The van der Waals surface area contributed by atoms with Gasteiger partial charge in [-0.3, -0.25) is 4.90 Å². The molecule has 0 radical (unpaired) electrons. The molecule has 26 heavy (non-hydrogen) atoms. The third-order valence-corrected chi connectivity index (χ3v) is 5.82. The number of likely N-dealkylation sites (tertiary alicyclic amines) is 1. The van der Waals surface area contributed by atoms with Crippen molar-refractivity contribution in [2.24, 2.45) is 0 Å². The lowest BCUT2D eigenvalue weighted by Crippen LogP contribution is -2.47. The minimum absolute atomic E-state index is 0.0568. The van der Waals surface area contributed by atoms with Gasteiger partial charge in [-0.15, -0.1) is 0 Å². The van der Waals surface area contributed by atoms with Crippen molar-refractivity contribution in [3.63, 3.8) is 0 Å². The highest BCUT2D eigenvalue weighted by molar-refractivity contribution is 5.43. The van der Waals surface area contributed by atoms with Crippen LogP contribution in [0.1, 0.15) is 48.1 Å². The molecule has 2 atom stereocenters. The van der Waals surface area contributed by atoms with Gasteiger partial charge in [-0.1, -0.05) is 30.3 Å². The quantitative estimate of drug-likeness (QED) is 0.786. The maximum Gasteiger partial charge on any atom is 0.121 e. The van der Waals surface area contributed by atoms with Gasteiger partial charge in [0.25, 0.3) is 0 Å². The summed E-state index contributed by atoms with van der Waals surface area (Å²) in [6, 6.07) is 13.5. The maximum atomic E-state index is 11.0. The number of aliphatic hydroxyl groups excluding tert-OH is 1. The highest BCUT2D eigenvalue weighted by Gasteiger charge is 2.36. The van der Waals surface area contributed by atoms with Gasteiger partial charge >= 0.3 is 0 Å². The van der Waals surface area contributed by atoms with Crippen LogP contribution >= 0.6 is 0 Å². The number of rotatable bonds is 4. The lowest BCUT2D eigenvalue weighted by atomic mass is 9.83. The first kappa shape index (κ1) is 18.9. The molecule has 0 saturated carbocycles. The van der Waals surface area contributed by atoms with Crippen LogP contribution < -0.4 is 0 Å². The molecule has 0 aromatic heterocycles. The van der Waals surface area contributed by atoms with Gasteiger partial charge in [0.15, 0.2) is 0 Å². The molecule has 2 aromatic carbocycles. The summed E-state index contributed by atoms with van der Waals surface area (Å²) in [5.41, 5.74) is 2.58. The SMILES string of the molecule is Cc1cc(C(O)C(C)N2CCC(O)(c3ccccc3)CC2)cc(C)c1O. The van der Waals surface area contributed by atoms with E-state index in [2.05, 4.69) is 4.90 Å². The van der Waals surface area contributed by atoms with Crippen LogP contribution in [0.15, 0.2) is 42.5 Å². The monoisotopic (exact) mass is 355 g/mol. The van der Waals surface area contributed by atoms with E-state index in [1.165, 1.54) is 0 Å². The van der Waals surface area contributed by atoms with Gasteiger partial charge in [-0.25, -0.2) is 0 Å². The Kier molecular flexibility index (Phi) is 5.37. The van der Waals surface area contributed by atoms with E-state index in [0.717, 1.165) is 35.3 Å². The predicted octanol–water partition coefficient (Wildman–Crippen LogP) is 3.41. The average molecular weight is 355 g/mol. The second kappa shape index (κ2) is 7.39. The molecule has 1 heterocycles. The number of piperidine rings is 1. The van der Waals surface area contributed by atoms with Crippen LogP contribution in [-0.2, 0) is 5.60 Å². The normalized spacial score (nSPS) is 19.9. The molecule has 2 unspecified atom stereocenters. The van der Waals surface area contributed by atoms with E-state index in [9.17, 15) is 15.3 Å². The van der Waals surface area contributed by atoms with Gasteiger partial charge in [0, 0.05) is 19.1 Å². The number of aromatic hydroxyl groups is 1. The Hall–Kier alpha value is -1.88. The molecule has 1 aliphatic rings. The van der Waals surface area contributed by atoms with Gasteiger partial charge in [0.1, 0.15) is 5.75 Å². The third kappa shape index (κ3) is 3.63. The molecular formula is C22H29NO3. The fourth-order valence-electron chi connectivity index (χ4n) is 3.98. The number of hydrogen-bond donors (Lipinski definition) is 3. The summed E-state index contributed by atoms with van der Waals surface area (Å²) in [7, 11) is 0. The van der Waals surface area contributed by atoms with Crippen LogP contribution in [0, 0.1) is 13.8 Å². The summed E-state index contributed by atoms with van der Waals surface area (Å²) < 4.78 is 0. The van der Waals surface area contributed by atoms with Gasteiger partial charge in [0.2, 0.25) is 0 Å². The van der Waals surface area contributed by atoms with Crippen LogP contribution in [-0.4, -0.2) is 39.4 Å². The lowest BCUT2D eigenvalue weighted by molar-refractivity contribution is -0.0501. The van der Waals surface area contributed by atoms with Gasteiger partial charge in [-0.05, 0) is 68.0 Å². The van der Waals surface area contributed by atoms with E-state index in [4.69, 9.17) is 0 Å². The van der Waals surface area contributed by atoms with Crippen molar-refractivity contribution in [1.82, 2.24) is 4.90 Å². The van der Waals surface area contributed by atoms with Gasteiger partial charge in [-0.2, -0.15) is 0 Å². The molecule has 3 rings (SSSR count). The second-order valence-electron chi connectivity index (χ2n) is 7.62. The zero-order valence-electron chi connectivity index (χ0n) is 15.8. The van der Waals surface area contributed by atoms with E-state index in [-0.39, 0.29) is 6.04 Å². The summed E-state index contributed by atoms with van der Waals surface area (Å²) in [4.78, 5) is 2.24. The van der Waals surface area contributed by atoms with E-state index in [1.807, 2.05) is 63.2 Å². The fourth-order valence-corrected chi connectivity index (χ4v) is 3.98. The fraction of sp³-hybridized carbons (Fsp3) is 0.455. The van der Waals surface area contributed by atoms with Crippen LogP contribution in [0.5, 0.6) is 5.75 Å². The molecule has 0 spiro atoms. The molecule has 1 aliphatic heterocycles. The lowest BCUT2D eigenvalue weighted by Gasteiger charge is -2.42. The van der Waals surface area contributed by atoms with Crippen molar-refractivity contribution in [2.45, 2.75) is 51.4 Å². The number of hydrogen-bond acceptors (Lipinski definition) is 4. The first-order valence-corrected chi connectivity index (χ1v) is 9.32. The van der Waals surface area contributed by atoms with Crippen LogP contribution in [0.25, 0.3) is 0 Å². The third-order valence-electron chi connectivity index (χ3n) is 5.82. The summed E-state index contributed by atoms with van der Waals surface area (Å²) in [5.74, 6) is 0.291. The summed E-state index contributed by atoms with van der Waals surface area (Å²) in [5, 5.41) is 31.8. The Balaban J connectivity index is 1.69. The maximum absolute atomic E-state index is 11.0. The number of benzene rings is 2. The topological polar surface area (TPSA) is 63.9 Å². The number of aryl methyl sites for hydroxylation is 2. The zero-order valence-corrected chi connectivity index (χ0v) is 15.8. The highest BCUT2D eigenvalue weighted by atomic mass is 16.3. The number of phenolic OH excluding ortho intramolecular Hbond substituents is 1. The van der Waals surface area contributed by atoms with Crippen LogP contribution in [0.2, 0.25) is 0 Å². The van der Waals surface area contributed by atoms with E-state index in [1.54, 1.807) is 0 Å². The van der Waals surface area contributed by atoms with Crippen molar-refractivity contribution in [1.29, 1.82) is 0 Å². The molecule has 0 aliphatic carbocycles. The smallest absolute Gasteiger partial charge is 0.121 e. The van der Waals surface area contributed by atoms with Gasteiger partial charge < -0.3 is 15.3 Å². The van der Waals surface area contributed by atoms with E-state index >= 15 is 0 Å². The standard InChI is InChI=1S/C22H29NO3/c1-15-13-18(14-16(2)20(15)24)21(25)17(3)23-11-9-22(26,10-12-23)19-7-5-4-6-8-19/h4-8,13-14,17,21,24-26H,9-12H2,1-3H3. The van der Waals surface area contributed by atoms with E-state index in [0.29, 0.717) is 18.6 Å². The van der Waals surface area contributed by atoms with Crippen LogP contribution in [0.3, 0.4) is 0 Å². The number of aliphatic hydroxyl groups is 2. The first-order chi connectivity index (χ1) is 12.3. The average Bonchev–Trinajstić information content (AvgIpc) is 2.66. The largest absolute Gasteiger partial charge is 0.507 e. The summed E-state index contributed by atoms with van der Waals surface area (Å²) in [6.45, 7) is 7.20. The number of phenols is 1. The van der Waals surface area contributed by atoms with E-state index < -0.39 is 11.7 Å². The Bertz CT molecular complexity index is 728. The second-order valence-corrected chi connectivity index (χ2v) is 7.62. The molecule has 1 saturated heterocycles. The van der Waals surface area contributed by atoms with Gasteiger partial charge in [0.05, 0.1) is 11.7 Å². The molecule has 4 heteroatoms. The number of nitrogens with zero attached hydrogens (tertiary/aromatic N) is 1. The molecule has 1 fully saturated rings. The Morgan fingerprint density at radius 2 is 1.54 bits per heavy atom. The van der Waals surface area contributed by atoms with Crippen molar-refractivity contribution in [3.05, 3.63) is 64.7 Å². The van der Waals surface area contributed by atoms with Crippen LogP contribution in [0.4, 0.5) is 0 Å². The Morgan fingerprint density at radius 1 is 1.00 bits per heavy atom. The minimum Gasteiger partial charge on any atom is -0.507 e. The highest BCUT2D eigenvalue weighted by Crippen LogP contribution is 2.35. The molecule has 2 aromatic rings. The molecule has 140 valence electrons. The van der Waals surface area contributed by atoms with Crippen molar-refractivity contribution in [3.8, 4) is 5.75 Å². The first-order valence-electron chi connectivity index (χ1n) is 9.32. The van der Waals surface area contributed by atoms with Crippen molar-refractivity contribution >= 4 is 0 Å². The minimum atomic E-state index is -0.784. The summed E-state index contributed by atoms with van der Waals surface area (Å²) in [6.07, 6.45) is 0.680. The van der Waals surface area contributed by atoms with Crippen molar-refractivity contribution in [2.75, 3.05) is 13.1 Å². The molecule has 4 nitrogen and oxygen atoms in total. The predicted molar refractivity (Wildman–Crippen MR) is 103 cm³/mol. The van der Waals surface area contributed by atoms with Crippen molar-refractivity contribution < 1.29 is 15.3 Å². The molecule has 3 N–H and O–H groups in total.